The van der Waals surface area contributed by atoms with Crippen LogP contribution in [0.4, 0.5) is 0 Å². The zero-order chi connectivity index (χ0) is 20.9. The van der Waals surface area contributed by atoms with Crippen molar-refractivity contribution in [2.75, 3.05) is 13.2 Å². The van der Waals surface area contributed by atoms with Gasteiger partial charge in [-0.25, -0.2) is 0 Å². The van der Waals surface area contributed by atoms with E-state index >= 15 is 0 Å². The predicted molar refractivity (Wildman–Crippen MR) is 125 cm³/mol. The van der Waals surface area contributed by atoms with Crippen LogP contribution in [0.1, 0.15) is 102 Å². The lowest BCUT2D eigenvalue weighted by atomic mass is 10.1. The van der Waals surface area contributed by atoms with Crippen molar-refractivity contribution in [3.05, 3.63) is 11.1 Å². The van der Waals surface area contributed by atoms with Crippen molar-refractivity contribution in [1.82, 2.24) is 8.75 Å². The van der Waals surface area contributed by atoms with Gasteiger partial charge in [-0.15, -0.1) is 0 Å². The molecule has 164 valence electrons. The van der Waals surface area contributed by atoms with Crippen LogP contribution in [-0.4, -0.2) is 22.0 Å². The van der Waals surface area contributed by atoms with Gasteiger partial charge >= 0.3 is 0 Å². The quantitative estimate of drug-likeness (QED) is 0.260. The third-order valence-corrected chi connectivity index (χ3v) is 6.10. The number of fused-ring (bicyclic) bond motifs is 1. The maximum Gasteiger partial charge on any atom is 0.166 e. The van der Waals surface area contributed by atoms with Crippen LogP contribution < -0.4 is 9.47 Å². The molecule has 0 aliphatic heterocycles. The fourth-order valence-electron chi connectivity index (χ4n) is 3.70. The number of aromatic nitrogens is 2. The van der Waals surface area contributed by atoms with Crippen LogP contribution in [0.2, 0.25) is 0 Å². The van der Waals surface area contributed by atoms with E-state index in [9.17, 15) is 0 Å². The van der Waals surface area contributed by atoms with E-state index in [0.29, 0.717) is 0 Å². The maximum absolute atomic E-state index is 6.25. The Morgan fingerprint density at radius 1 is 0.586 bits per heavy atom. The molecule has 0 amide bonds. The molecule has 0 aliphatic carbocycles. The third kappa shape index (κ3) is 7.44. The molecule has 0 fully saturated rings. The second-order valence-electron chi connectivity index (χ2n) is 8.10. The van der Waals surface area contributed by atoms with Crippen molar-refractivity contribution in [3.63, 3.8) is 0 Å². The molecule has 0 unspecified atom stereocenters. The smallest absolute Gasteiger partial charge is 0.166 e. The molecule has 1 aromatic carbocycles. The molecular formula is C24H40N2O2S. The number of hydrogen-bond acceptors (Lipinski definition) is 5. The first-order valence-electron chi connectivity index (χ1n) is 11.7. The fraction of sp³-hybridized carbons (Fsp3) is 0.750. The van der Waals surface area contributed by atoms with E-state index in [-0.39, 0.29) is 0 Å². The number of unbranched alkanes of at least 4 members (excludes halogenated alkanes) is 10. The fourth-order valence-corrected chi connectivity index (χ4v) is 4.35. The molecule has 0 bridgehead atoms. The Labute approximate surface area is 181 Å². The van der Waals surface area contributed by atoms with E-state index in [0.717, 1.165) is 59.7 Å². The first kappa shape index (κ1) is 23.9. The summed E-state index contributed by atoms with van der Waals surface area (Å²) in [4.78, 5) is 0. The van der Waals surface area contributed by atoms with Gasteiger partial charge in [-0.05, 0) is 26.7 Å². The molecule has 0 saturated carbocycles. The first-order valence-corrected chi connectivity index (χ1v) is 12.4. The van der Waals surface area contributed by atoms with Gasteiger partial charge in [-0.1, -0.05) is 78.1 Å². The predicted octanol–water partition coefficient (Wildman–Crippen LogP) is 7.79. The highest BCUT2D eigenvalue weighted by Gasteiger charge is 2.20. The van der Waals surface area contributed by atoms with Crippen molar-refractivity contribution in [1.29, 1.82) is 0 Å². The number of benzene rings is 1. The second kappa shape index (κ2) is 13.8. The van der Waals surface area contributed by atoms with Crippen LogP contribution in [0, 0.1) is 13.8 Å². The Kier molecular flexibility index (Phi) is 11.4. The van der Waals surface area contributed by atoms with Gasteiger partial charge in [-0.3, -0.25) is 0 Å². The van der Waals surface area contributed by atoms with Gasteiger partial charge in [0.05, 0.1) is 24.9 Å². The van der Waals surface area contributed by atoms with Gasteiger partial charge in [0.15, 0.2) is 11.5 Å². The highest BCUT2D eigenvalue weighted by atomic mass is 32.1. The largest absolute Gasteiger partial charge is 0.489 e. The van der Waals surface area contributed by atoms with Crippen LogP contribution in [-0.2, 0) is 0 Å². The average molecular weight is 421 g/mol. The van der Waals surface area contributed by atoms with Crippen molar-refractivity contribution in [2.24, 2.45) is 0 Å². The molecule has 4 nitrogen and oxygen atoms in total. The van der Waals surface area contributed by atoms with Crippen LogP contribution in [0.15, 0.2) is 0 Å². The summed E-state index contributed by atoms with van der Waals surface area (Å²) >= 11 is 1.27. The van der Waals surface area contributed by atoms with E-state index in [1.54, 1.807) is 0 Å². The standard InChI is InChI=1S/C24H40N2O2S/c1-5-7-9-11-13-15-17-27-23-19(3)21-22(26-29-25-21)20(4)24(23)28-18-16-14-12-10-8-6-2/h5-18H2,1-4H3. The highest BCUT2D eigenvalue weighted by molar-refractivity contribution is 7.00. The molecule has 0 aliphatic rings. The summed E-state index contributed by atoms with van der Waals surface area (Å²) in [6, 6.07) is 0. The Hall–Kier alpha value is -1.36. The Morgan fingerprint density at radius 3 is 1.38 bits per heavy atom. The van der Waals surface area contributed by atoms with Crippen molar-refractivity contribution in [2.45, 2.75) is 105 Å². The Bertz CT molecular complexity index is 656. The summed E-state index contributed by atoms with van der Waals surface area (Å²) in [6.07, 6.45) is 15.1. The monoisotopic (exact) mass is 420 g/mol. The number of ether oxygens (including phenoxy) is 2. The lowest BCUT2D eigenvalue weighted by Gasteiger charge is -2.18. The topological polar surface area (TPSA) is 44.2 Å². The molecule has 2 rings (SSSR count). The molecule has 0 spiro atoms. The number of nitrogens with zero attached hydrogens (tertiary/aromatic N) is 2. The van der Waals surface area contributed by atoms with Gasteiger partial charge in [0.25, 0.3) is 0 Å². The SMILES string of the molecule is CCCCCCCCOc1c(OCCCCCCCC)c(C)c2nsnc2c1C. The second-order valence-corrected chi connectivity index (χ2v) is 8.63. The molecule has 0 radical (unpaired) electrons. The lowest BCUT2D eigenvalue weighted by Crippen LogP contribution is -2.06. The number of aryl methyl sites for hydroxylation is 2. The minimum Gasteiger partial charge on any atom is -0.489 e. The van der Waals surface area contributed by atoms with Crippen LogP contribution in [0.5, 0.6) is 11.5 Å². The van der Waals surface area contributed by atoms with Crippen LogP contribution in [0.25, 0.3) is 11.0 Å². The highest BCUT2D eigenvalue weighted by Crippen LogP contribution is 2.40. The Morgan fingerprint density at radius 2 is 0.966 bits per heavy atom. The molecule has 0 atom stereocenters. The summed E-state index contributed by atoms with van der Waals surface area (Å²) in [5.74, 6) is 1.75. The molecule has 2 aromatic rings. The lowest BCUT2D eigenvalue weighted by molar-refractivity contribution is 0.256. The molecule has 29 heavy (non-hydrogen) atoms. The summed E-state index contributed by atoms with van der Waals surface area (Å²) in [7, 11) is 0. The summed E-state index contributed by atoms with van der Waals surface area (Å²) in [5.41, 5.74) is 4.03. The first-order chi connectivity index (χ1) is 14.2. The molecule has 0 saturated heterocycles. The van der Waals surface area contributed by atoms with Crippen LogP contribution >= 0.6 is 11.7 Å². The average Bonchev–Trinajstić information content (AvgIpc) is 3.22. The van der Waals surface area contributed by atoms with E-state index in [2.05, 4.69) is 36.4 Å². The minimum atomic E-state index is 0.739. The molecular weight excluding hydrogens is 380 g/mol. The van der Waals surface area contributed by atoms with Gasteiger partial charge in [0, 0.05) is 11.1 Å². The summed E-state index contributed by atoms with van der Waals surface area (Å²) in [6.45, 7) is 10.1. The van der Waals surface area contributed by atoms with E-state index in [4.69, 9.17) is 9.47 Å². The normalized spacial score (nSPS) is 11.3. The van der Waals surface area contributed by atoms with Crippen molar-refractivity contribution >= 4 is 22.8 Å². The number of rotatable bonds is 16. The molecule has 0 N–H and O–H groups in total. The van der Waals surface area contributed by atoms with Gasteiger partial charge in [-0.2, -0.15) is 8.75 Å². The summed E-state index contributed by atoms with van der Waals surface area (Å²) in [5, 5.41) is 0. The molecule has 5 heteroatoms. The van der Waals surface area contributed by atoms with E-state index in [1.165, 1.54) is 75.9 Å². The van der Waals surface area contributed by atoms with E-state index < -0.39 is 0 Å². The zero-order valence-corrected chi connectivity index (χ0v) is 19.8. The van der Waals surface area contributed by atoms with Gasteiger partial charge in [0.1, 0.15) is 11.0 Å². The van der Waals surface area contributed by atoms with Crippen LogP contribution in [0.3, 0.4) is 0 Å². The number of hydrogen-bond donors (Lipinski definition) is 0. The van der Waals surface area contributed by atoms with Gasteiger partial charge < -0.3 is 9.47 Å². The van der Waals surface area contributed by atoms with E-state index in [1.807, 2.05) is 0 Å². The molecule has 1 heterocycles. The third-order valence-electron chi connectivity index (χ3n) is 5.57. The van der Waals surface area contributed by atoms with Gasteiger partial charge in [0.2, 0.25) is 0 Å². The summed E-state index contributed by atoms with van der Waals surface area (Å²) < 4.78 is 21.5. The minimum absolute atomic E-state index is 0.739. The maximum atomic E-state index is 6.25. The van der Waals surface area contributed by atoms with Crippen molar-refractivity contribution < 1.29 is 9.47 Å². The Balaban J connectivity index is 1.95. The zero-order valence-electron chi connectivity index (χ0n) is 19.0. The van der Waals surface area contributed by atoms with Crippen molar-refractivity contribution in [3.8, 4) is 11.5 Å². The molecule has 1 aromatic heterocycles.